The first-order valence-electron chi connectivity index (χ1n) is 11.0. The molecular weight excluding hydrogens is 316 g/mol. The van der Waals surface area contributed by atoms with E-state index in [-0.39, 0.29) is 0 Å². The van der Waals surface area contributed by atoms with Crippen molar-refractivity contribution in [3.63, 3.8) is 0 Å². The molecule has 2 aromatic carbocycles. The fraction of sp³-hybridized carbons (Fsp3) is 0.600. The zero-order valence-electron chi connectivity index (χ0n) is 16.8. The largest absolute Gasteiger partial charge is 0.494 e. The Morgan fingerprint density at radius 3 is 2.31 bits per heavy atom. The first kappa shape index (κ1) is 19.3. The molecule has 0 N–H and O–H groups in total. The van der Waals surface area contributed by atoms with Crippen molar-refractivity contribution in [2.45, 2.75) is 84.0 Å². The van der Waals surface area contributed by atoms with Crippen molar-refractivity contribution < 1.29 is 4.74 Å². The van der Waals surface area contributed by atoms with Gasteiger partial charge < -0.3 is 4.74 Å². The quantitative estimate of drug-likeness (QED) is 0.417. The smallest absolute Gasteiger partial charge is 0.119 e. The van der Waals surface area contributed by atoms with Crippen LogP contribution in [0.2, 0.25) is 0 Å². The molecule has 0 spiro atoms. The molecule has 0 saturated heterocycles. The van der Waals surface area contributed by atoms with Crippen LogP contribution in [0.3, 0.4) is 0 Å². The van der Waals surface area contributed by atoms with Gasteiger partial charge in [-0.2, -0.15) is 0 Å². The summed E-state index contributed by atoms with van der Waals surface area (Å²) in [4.78, 5) is 0. The molecule has 0 aromatic heterocycles. The van der Waals surface area contributed by atoms with Gasteiger partial charge in [0.1, 0.15) is 5.75 Å². The van der Waals surface area contributed by atoms with Gasteiger partial charge in [0, 0.05) is 0 Å². The molecule has 1 nitrogen and oxygen atoms in total. The van der Waals surface area contributed by atoms with Crippen molar-refractivity contribution in [3.8, 4) is 5.75 Å². The molecule has 1 heteroatoms. The zero-order valence-corrected chi connectivity index (χ0v) is 16.8. The van der Waals surface area contributed by atoms with E-state index in [1.165, 1.54) is 74.1 Å². The van der Waals surface area contributed by atoms with Gasteiger partial charge >= 0.3 is 0 Å². The highest BCUT2D eigenvalue weighted by atomic mass is 16.5. The highest BCUT2D eigenvalue weighted by Crippen LogP contribution is 2.38. The predicted octanol–water partition coefficient (Wildman–Crippen LogP) is 7.87. The first-order chi connectivity index (χ1) is 12.8. The van der Waals surface area contributed by atoms with Crippen LogP contribution < -0.4 is 4.74 Å². The third-order valence-electron chi connectivity index (χ3n) is 6.25. The molecule has 1 fully saturated rings. The SMILES string of the molecule is CCCCCCCOc1ccc2cc([C@H]3CC[C@H](CC)CC3)ccc2c1. The van der Waals surface area contributed by atoms with Crippen LogP contribution in [0.4, 0.5) is 0 Å². The van der Waals surface area contributed by atoms with Crippen LogP contribution in [-0.2, 0) is 0 Å². The Labute approximate surface area is 160 Å². The highest BCUT2D eigenvalue weighted by molar-refractivity contribution is 5.84. The van der Waals surface area contributed by atoms with E-state index in [2.05, 4.69) is 50.2 Å². The Morgan fingerprint density at radius 1 is 0.808 bits per heavy atom. The van der Waals surface area contributed by atoms with E-state index in [0.717, 1.165) is 30.6 Å². The summed E-state index contributed by atoms with van der Waals surface area (Å²) in [7, 11) is 0. The van der Waals surface area contributed by atoms with E-state index >= 15 is 0 Å². The fourth-order valence-corrected chi connectivity index (χ4v) is 4.39. The van der Waals surface area contributed by atoms with Crippen LogP contribution in [0.5, 0.6) is 5.75 Å². The Balaban J connectivity index is 1.56. The second-order valence-electron chi connectivity index (χ2n) is 8.16. The zero-order chi connectivity index (χ0) is 18.2. The predicted molar refractivity (Wildman–Crippen MR) is 113 cm³/mol. The minimum Gasteiger partial charge on any atom is -0.494 e. The van der Waals surface area contributed by atoms with E-state index < -0.39 is 0 Å². The van der Waals surface area contributed by atoms with Crippen molar-refractivity contribution in [2.24, 2.45) is 5.92 Å². The molecule has 0 aliphatic heterocycles. The summed E-state index contributed by atoms with van der Waals surface area (Å²) >= 11 is 0. The molecule has 1 saturated carbocycles. The van der Waals surface area contributed by atoms with Crippen molar-refractivity contribution in [2.75, 3.05) is 6.61 Å². The van der Waals surface area contributed by atoms with Gasteiger partial charge in [0.2, 0.25) is 0 Å². The number of benzene rings is 2. The molecule has 2 aromatic rings. The number of hydrogen-bond acceptors (Lipinski definition) is 1. The molecule has 0 bridgehead atoms. The molecule has 0 heterocycles. The van der Waals surface area contributed by atoms with Gasteiger partial charge in [-0.15, -0.1) is 0 Å². The molecule has 1 aliphatic carbocycles. The van der Waals surface area contributed by atoms with Crippen LogP contribution in [0.25, 0.3) is 10.8 Å². The average Bonchev–Trinajstić information content (AvgIpc) is 2.70. The van der Waals surface area contributed by atoms with Gasteiger partial charge in [-0.1, -0.05) is 70.2 Å². The van der Waals surface area contributed by atoms with Gasteiger partial charge in [-0.25, -0.2) is 0 Å². The topological polar surface area (TPSA) is 9.23 Å². The Bertz CT molecular complexity index is 667. The maximum absolute atomic E-state index is 5.97. The van der Waals surface area contributed by atoms with Crippen molar-refractivity contribution in [1.82, 2.24) is 0 Å². The van der Waals surface area contributed by atoms with E-state index in [9.17, 15) is 0 Å². The monoisotopic (exact) mass is 352 g/mol. The van der Waals surface area contributed by atoms with Crippen LogP contribution in [-0.4, -0.2) is 6.61 Å². The standard InChI is InChI=1S/C25H36O/c1-3-5-6-7-8-17-26-25-16-15-23-18-22(13-14-24(23)19-25)21-11-9-20(4-2)10-12-21/h13-16,18-21H,3-12,17H2,1-2H3/t20-,21-. The summed E-state index contributed by atoms with van der Waals surface area (Å²) < 4.78 is 5.97. The van der Waals surface area contributed by atoms with Crippen molar-refractivity contribution in [3.05, 3.63) is 42.0 Å². The van der Waals surface area contributed by atoms with Crippen molar-refractivity contribution >= 4 is 10.8 Å². The molecule has 0 unspecified atom stereocenters. The summed E-state index contributed by atoms with van der Waals surface area (Å²) in [5.74, 6) is 2.75. The van der Waals surface area contributed by atoms with E-state index in [1.54, 1.807) is 0 Å². The normalized spacial score (nSPS) is 20.4. The summed E-state index contributed by atoms with van der Waals surface area (Å²) in [5.41, 5.74) is 1.54. The Morgan fingerprint density at radius 2 is 1.54 bits per heavy atom. The van der Waals surface area contributed by atoms with Crippen LogP contribution in [0, 0.1) is 5.92 Å². The maximum atomic E-state index is 5.97. The minimum atomic E-state index is 0.765. The van der Waals surface area contributed by atoms with Gasteiger partial charge in [0.15, 0.2) is 0 Å². The number of fused-ring (bicyclic) bond motifs is 1. The minimum absolute atomic E-state index is 0.765. The second kappa shape index (κ2) is 10.00. The maximum Gasteiger partial charge on any atom is 0.119 e. The molecule has 142 valence electrons. The summed E-state index contributed by atoms with van der Waals surface area (Å²) in [6.45, 7) is 5.44. The summed E-state index contributed by atoms with van der Waals surface area (Å²) in [6, 6.07) is 13.7. The molecular formula is C25H36O. The fourth-order valence-electron chi connectivity index (χ4n) is 4.39. The number of hydrogen-bond donors (Lipinski definition) is 0. The Hall–Kier alpha value is -1.50. The third-order valence-corrected chi connectivity index (χ3v) is 6.25. The van der Waals surface area contributed by atoms with Crippen LogP contribution in [0.15, 0.2) is 36.4 Å². The summed E-state index contributed by atoms with van der Waals surface area (Å²) in [6.07, 6.45) is 13.3. The van der Waals surface area contributed by atoms with Gasteiger partial charge in [-0.05, 0) is 72.4 Å². The van der Waals surface area contributed by atoms with E-state index in [1.807, 2.05) is 0 Å². The lowest BCUT2D eigenvalue weighted by Crippen LogP contribution is -2.12. The first-order valence-corrected chi connectivity index (χ1v) is 11.0. The lowest BCUT2D eigenvalue weighted by molar-refractivity contribution is 0.305. The van der Waals surface area contributed by atoms with Crippen LogP contribution >= 0.6 is 0 Å². The van der Waals surface area contributed by atoms with E-state index in [0.29, 0.717) is 0 Å². The lowest BCUT2D eigenvalue weighted by Gasteiger charge is -2.28. The Kier molecular flexibility index (Phi) is 7.41. The van der Waals surface area contributed by atoms with Crippen LogP contribution in [0.1, 0.15) is 89.5 Å². The number of rotatable bonds is 9. The molecule has 1 aliphatic rings. The highest BCUT2D eigenvalue weighted by Gasteiger charge is 2.21. The summed E-state index contributed by atoms with van der Waals surface area (Å²) in [5, 5.41) is 2.66. The third kappa shape index (κ3) is 5.25. The lowest BCUT2D eigenvalue weighted by atomic mass is 9.77. The molecule has 0 atom stereocenters. The van der Waals surface area contributed by atoms with Gasteiger partial charge in [0.05, 0.1) is 6.61 Å². The average molecular weight is 353 g/mol. The number of unbranched alkanes of at least 4 members (excludes halogenated alkanes) is 4. The van der Waals surface area contributed by atoms with Crippen molar-refractivity contribution in [1.29, 1.82) is 0 Å². The molecule has 26 heavy (non-hydrogen) atoms. The molecule has 0 amide bonds. The van der Waals surface area contributed by atoms with E-state index in [4.69, 9.17) is 4.74 Å². The van der Waals surface area contributed by atoms with Gasteiger partial charge in [0.25, 0.3) is 0 Å². The van der Waals surface area contributed by atoms with Gasteiger partial charge in [-0.3, -0.25) is 0 Å². The number of ether oxygens (including phenoxy) is 1. The molecule has 0 radical (unpaired) electrons. The molecule has 3 rings (SSSR count). The second-order valence-corrected chi connectivity index (χ2v) is 8.16.